The van der Waals surface area contributed by atoms with Gasteiger partial charge in [0.15, 0.2) is 5.82 Å². The van der Waals surface area contributed by atoms with Crippen LogP contribution < -0.4 is 20.7 Å². The van der Waals surface area contributed by atoms with Crippen LogP contribution in [0.3, 0.4) is 0 Å². The Morgan fingerprint density at radius 3 is 2.50 bits per heavy atom. The largest absolute Gasteiger partial charge is 0.477 e. The standard InChI is InChI=1S/C29H29N7O3S/c1-4-39-26-24-23(33-29(35-26)36-13-11-31-12-14-36)22-16(2)32-25(34-27(22)40-24)18-7-5-17(6-8-18)20-10-9-19(15-21(20)30)28(37)38-3/h5-10,15,31H,4,11-14,30H2,1-3H3. The molecule has 4 heterocycles. The maximum atomic E-state index is 11.8. The molecule has 11 heteroatoms. The highest BCUT2D eigenvalue weighted by Crippen LogP contribution is 2.40. The van der Waals surface area contributed by atoms with Crippen molar-refractivity contribution in [3.05, 3.63) is 53.7 Å². The van der Waals surface area contributed by atoms with Crippen LogP contribution in [-0.2, 0) is 4.74 Å². The molecule has 204 valence electrons. The number of nitrogen functional groups attached to an aromatic ring is 1. The van der Waals surface area contributed by atoms with Gasteiger partial charge >= 0.3 is 5.97 Å². The van der Waals surface area contributed by atoms with Gasteiger partial charge in [0.1, 0.15) is 15.0 Å². The molecule has 0 unspecified atom stereocenters. The lowest BCUT2D eigenvalue weighted by Gasteiger charge is -2.27. The molecule has 0 aliphatic carbocycles. The molecular weight excluding hydrogens is 526 g/mol. The highest BCUT2D eigenvalue weighted by Gasteiger charge is 2.22. The minimum atomic E-state index is -0.419. The van der Waals surface area contributed by atoms with Crippen molar-refractivity contribution in [2.24, 2.45) is 0 Å². The number of hydrogen-bond donors (Lipinski definition) is 2. The minimum Gasteiger partial charge on any atom is -0.477 e. The van der Waals surface area contributed by atoms with Crippen molar-refractivity contribution in [1.29, 1.82) is 0 Å². The van der Waals surface area contributed by atoms with Gasteiger partial charge in [0.25, 0.3) is 0 Å². The summed E-state index contributed by atoms with van der Waals surface area (Å²) in [6.45, 7) is 7.94. The smallest absolute Gasteiger partial charge is 0.337 e. The number of fused-ring (bicyclic) bond motifs is 3. The first-order valence-corrected chi connectivity index (χ1v) is 13.9. The number of aryl methyl sites for hydroxylation is 1. The van der Waals surface area contributed by atoms with Crippen LogP contribution in [0.5, 0.6) is 5.88 Å². The van der Waals surface area contributed by atoms with Crippen LogP contribution in [0, 0.1) is 6.92 Å². The van der Waals surface area contributed by atoms with E-state index in [1.165, 1.54) is 18.4 Å². The first-order valence-electron chi connectivity index (χ1n) is 13.1. The van der Waals surface area contributed by atoms with E-state index < -0.39 is 5.97 Å². The monoisotopic (exact) mass is 555 g/mol. The van der Waals surface area contributed by atoms with Crippen molar-refractivity contribution in [3.8, 4) is 28.4 Å². The van der Waals surface area contributed by atoms with Gasteiger partial charge in [-0.15, -0.1) is 11.3 Å². The Hall–Kier alpha value is -4.35. The second-order valence-corrected chi connectivity index (χ2v) is 10.5. The van der Waals surface area contributed by atoms with E-state index in [-0.39, 0.29) is 0 Å². The van der Waals surface area contributed by atoms with Gasteiger partial charge in [0, 0.05) is 43.0 Å². The summed E-state index contributed by atoms with van der Waals surface area (Å²) in [4.78, 5) is 34.4. The van der Waals surface area contributed by atoms with Crippen molar-refractivity contribution >= 4 is 49.4 Å². The second-order valence-electron chi connectivity index (χ2n) is 9.46. The first kappa shape index (κ1) is 25.9. The van der Waals surface area contributed by atoms with Crippen LogP contribution in [0.15, 0.2) is 42.5 Å². The average Bonchev–Trinajstić information content (AvgIpc) is 3.37. The van der Waals surface area contributed by atoms with Gasteiger partial charge in [-0.2, -0.15) is 4.98 Å². The summed E-state index contributed by atoms with van der Waals surface area (Å²) in [5, 5.41) is 4.30. The zero-order chi connectivity index (χ0) is 27.8. The summed E-state index contributed by atoms with van der Waals surface area (Å²) in [7, 11) is 1.35. The molecule has 10 nitrogen and oxygen atoms in total. The number of nitrogens with zero attached hydrogens (tertiary/aromatic N) is 5. The van der Waals surface area contributed by atoms with Crippen LogP contribution in [0.4, 0.5) is 11.6 Å². The van der Waals surface area contributed by atoms with E-state index in [0.29, 0.717) is 35.5 Å². The molecule has 3 aromatic heterocycles. The molecule has 6 rings (SSSR count). The third-order valence-electron chi connectivity index (χ3n) is 6.92. The maximum absolute atomic E-state index is 11.8. The fourth-order valence-corrected chi connectivity index (χ4v) is 6.02. The highest BCUT2D eigenvalue weighted by atomic mass is 32.1. The summed E-state index contributed by atoms with van der Waals surface area (Å²) < 4.78 is 11.6. The second kappa shape index (κ2) is 10.7. The van der Waals surface area contributed by atoms with Crippen LogP contribution in [0.2, 0.25) is 0 Å². The Bertz CT molecular complexity index is 1730. The number of nitrogens with one attached hydrogen (secondary N) is 1. The van der Waals surface area contributed by atoms with Gasteiger partial charge in [0.05, 0.1) is 30.4 Å². The molecule has 5 aromatic rings. The summed E-state index contributed by atoms with van der Waals surface area (Å²) in [6.07, 6.45) is 0. The van der Waals surface area contributed by atoms with E-state index in [9.17, 15) is 4.79 Å². The molecule has 1 aliphatic heterocycles. The lowest BCUT2D eigenvalue weighted by atomic mass is 10.0. The predicted molar refractivity (Wildman–Crippen MR) is 158 cm³/mol. The number of thiophene rings is 1. The molecule has 3 N–H and O–H groups in total. The van der Waals surface area contributed by atoms with Crippen molar-refractivity contribution < 1.29 is 14.3 Å². The number of rotatable bonds is 6. The Morgan fingerprint density at radius 2 is 1.80 bits per heavy atom. The van der Waals surface area contributed by atoms with Gasteiger partial charge in [0.2, 0.25) is 11.8 Å². The number of carbonyl (C=O) groups excluding carboxylic acids is 1. The number of benzene rings is 2. The van der Waals surface area contributed by atoms with Gasteiger partial charge in [-0.1, -0.05) is 30.3 Å². The third kappa shape index (κ3) is 4.67. The Morgan fingerprint density at radius 1 is 1.05 bits per heavy atom. The van der Waals surface area contributed by atoms with Crippen molar-refractivity contribution in [1.82, 2.24) is 25.3 Å². The fourth-order valence-electron chi connectivity index (χ4n) is 4.91. The number of carbonyl (C=O) groups is 1. The minimum absolute atomic E-state index is 0.415. The van der Waals surface area contributed by atoms with Crippen molar-refractivity contribution in [2.75, 3.05) is 50.5 Å². The number of ether oxygens (including phenoxy) is 2. The lowest BCUT2D eigenvalue weighted by Crippen LogP contribution is -2.44. The van der Waals surface area contributed by atoms with Crippen LogP contribution in [0.25, 0.3) is 42.9 Å². The summed E-state index contributed by atoms with van der Waals surface area (Å²) in [5.74, 6) is 1.47. The van der Waals surface area contributed by atoms with Crippen LogP contribution in [0.1, 0.15) is 23.0 Å². The summed E-state index contributed by atoms with van der Waals surface area (Å²) >= 11 is 1.53. The van der Waals surface area contributed by atoms with Gasteiger partial charge in [-0.3, -0.25) is 0 Å². The highest BCUT2D eigenvalue weighted by molar-refractivity contribution is 7.25. The molecular formula is C29H29N7O3S. The molecule has 0 amide bonds. The third-order valence-corrected chi connectivity index (χ3v) is 7.98. The first-order chi connectivity index (χ1) is 19.5. The molecule has 1 aliphatic rings. The Kier molecular flexibility index (Phi) is 6.91. The van der Waals surface area contributed by atoms with E-state index >= 15 is 0 Å². The van der Waals surface area contributed by atoms with Gasteiger partial charge < -0.3 is 25.4 Å². The molecule has 0 spiro atoms. The zero-order valence-corrected chi connectivity index (χ0v) is 23.3. The van der Waals surface area contributed by atoms with Crippen LogP contribution >= 0.6 is 11.3 Å². The Balaban J connectivity index is 1.38. The van der Waals surface area contributed by atoms with Gasteiger partial charge in [-0.25, -0.2) is 19.7 Å². The maximum Gasteiger partial charge on any atom is 0.337 e. The van der Waals surface area contributed by atoms with E-state index in [1.54, 1.807) is 12.1 Å². The average molecular weight is 556 g/mol. The molecule has 1 saturated heterocycles. The number of esters is 1. The zero-order valence-electron chi connectivity index (χ0n) is 22.5. The summed E-state index contributed by atoms with van der Waals surface area (Å²) in [6, 6.07) is 13.1. The van der Waals surface area contributed by atoms with E-state index in [0.717, 1.165) is 69.0 Å². The number of piperazine rings is 1. The summed E-state index contributed by atoms with van der Waals surface area (Å²) in [5.41, 5.74) is 11.5. The molecule has 2 aromatic carbocycles. The number of methoxy groups -OCH3 is 1. The molecule has 0 radical (unpaired) electrons. The number of aromatic nitrogens is 4. The molecule has 0 bridgehead atoms. The van der Waals surface area contributed by atoms with Crippen LogP contribution in [-0.4, -0.2) is 65.8 Å². The van der Waals surface area contributed by atoms with Gasteiger partial charge in [-0.05, 0) is 31.5 Å². The van der Waals surface area contributed by atoms with Crippen molar-refractivity contribution in [2.45, 2.75) is 13.8 Å². The topological polar surface area (TPSA) is 128 Å². The molecule has 0 atom stereocenters. The van der Waals surface area contributed by atoms with E-state index in [1.807, 2.05) is 44.2 Å². The quantitative estimate of drug-likeness (QED) is 0.229. The predicted octanol–water partition coefficient (Wildman–Crippen LogP) is 4.45. The number of hydrogen-bond acceptors (Lipinski definition) is 11. The van der Waals surface area contributed by atoms with E-state index in [2.05, 4.69) is 10.2 Å². The number of nitrogens with two attached hydrogens (primary N) is 1. The fraction of sp³-hybridized carbons (Fsp3) is 0.276. The molecule has 40 heavy (non-hydrogen) atoms. The molecule has 1 fully saturated rings. The SMILES string of the molecule is CCOc1nc(N2CCNCC2)nc2c1sc1nc(-c3ccc(-c4ccc(C(=O)OC)cc4N)cc3)nc(C)c12. The van der Waals surface area contributed by atoms with E-state index in [4.69, 9.17) is 35.1 Å². The Labute approximate surface area is 235 Å². The molecule has 0 saturated carbocycles. The van der Waals surface area contributed by atoms with Crippen molar-refractivity contribution in [3.63, 3.8) is 0 Å². The lowest BCUT2D eigenvalue weighted by molar-refractivity contribution is 0.0601. The normalized spacial score (nSPS) is 13.6. The number of anilines is 2.